The van der Waals surface area contributed by atoms with Gasteiger partial charge in [0.2, 0.25) is 0 Å². The fourth-order valence-electron chi connectivity index (χ4n) is 1.24. The molecule has 1 rings (SSSR count). The van der Waals surface area contributed by atoms with Gasteiger partial charge in [-0.3, -0.25) is 0 Å². The summed E-state index contributed by atoms with van der Waals surface area (Å²) < 4.78 is 0. The van der Waals surface area contributed by atoms with Gasteiger partial charge in [0, 0.05) is 24.1 Å². The standard InChI is InChI=1S/C12H19BrN2/c1-5-12(2,3)15(4)11-7-6-10(8-13)9-14-11/h6-7,9H,5,8H2,1-4H3. The monoisotopic (exact) mass is 270 g/mol. The summed E-state index contributed by atoms with van der Waals surface area (Å²) in [7, 11) is 2.10. The summed E-state index contributed by atoms with van der Waals surface area (Å²) in [5.74, 6) is 1.03. The van der Waals surface area contributed by atoms with Crippen molar-refractivity contribution >= 4 is 21.7 Å². The lowest BCUT2D eigenvalue weighted by Gasteiger charge is -2.35. The molecule has 0 aliphatic heterocycles. The number of hydrogen-bond acceptors (Lipinski definition) is 2. The Balaban J connectivity index is 2.87. The highest BCUT2D eigenvalue weighted by molar-refractivity contribution is 9.08. The molecule has 1 heterocycles. The first-order valence-electron chi connectivity index (χ1n) is 5.26. The number of aromatic nitrogens is 1. The summed E-state index contributed by atoms with van der Waals surface area (Å²) in [6.07, 6.45) is 3.03. The van der Waals surface area contributed by atoms with E-state index < -0.39 is 0 Å². The quantitative estimate of drug-likeness (QED) is 0.778. The van der Waals surface area contributed by atoms with E-state index in [2.05, 4.69) is 65.8 Å². The van der Waals surface area contributed by atoms with E-state index in [0.29, 0.717) is 0 Å². The minimum Gasteiger partial charge on any atom is -0.355 e. The second-order valence-electron chi connectivity index (χ2n) is 4.38. The van der Waals surface area contributed by atoms with Gasteiger partial charge in [-0.1, -0.05) is 28.9 Å². The van der Waals surface area contributed by atoms with Crippen LogP contribution in [0.2, 0.25) is 0 Å². The van der Waals surface area contributed by atoms with Crippen molar-refractivity contribution in [2.24, 2.45) is 0 Å². The molecule has 0 aromatic carbocycles. The van der Waals surface area contributed by atoms with Crippen molar-refractivity contribution in [3.8, 4) is 0 Å². The van der Waals surface area contributed by atoms with E-state index in [1.165, 1.54) is 5.56 Å². The first-order chi connectivity index (χ1) is 7.01. The maximum Gasteiger partial charge on any atom is 0.128 e. The lowest BCUT2D eigenvalue weighted by atomic mass is 10.00. The molecule has 0 unspecified atom stereocenters. The van der Waals surface area contributed by atoms with Gasteiger partial charge in [0.05, 0.1) is 0 Å². The average molecular weight is 271 g/mol. The van der Waals surface area contributed by atoms with E-state index in [0.717, 1.165) is 17.6 Å². The van der Waals surface area contributed by atoms with E-state index >= 15 is 0 Å². The van der Waals surface area contributed by atoms with Crippen molar-refractivity contribution in [3.63, 3.8) is 0 Å². The number of nitrogens with zero attached hydrogens (tertiary/aromatic N) is 2. The van der Waals surface area contributed by atoms with Crippen molar-refractivity contribution in [1.29, 1.82) is 0 Å². The van der Waals surface area contributed by atoms with E-state index in [1.807, 2.05) is 6.20 Å². The fourth-order valence-corrected chi connectivity index (χ4v) is 1.57. The Kier molecular flexibility index (Phi) is 4.14. The molecular formula is C12H19BrN2. The third-order valence-corrected chi connectivity index (χ3v) is 3.73. The summed E-state index contributed by atoms with van der Waals surface area (Å²) in [6.45, 7) is 6.66. The van der Waals surface area contributed by atoms with E-state index in [9.17, 15) is 0 Å². The maximum atomic E-state index is 4.46. The minimum absolute atomic E-state index is 0.156. The Hall–Kier alpha value is -0.570. The zero-order valence-electron chi connectivity index (χ0n) is 9.92. The van der Waals surface area contributed by atoms with Gasteiger partial charge in [0.25, 0.3) is 0 Å². The molecule has 0 atom stereocenters. The van der Waals surface area contributed by atoms with Crippen LogP contribution in [0.3, 0.4) is 0 Å². The molecule has 2 nitrogen and oxygen atoms in total. The first-order valence-corrected chi connectivity index (χ1v) is 6.38. The molecule has 0 amide bonds. The fraction of sp³-hybridized carbons (Fsp3) is 0.583. The summed E-state index contributed by atoms with van der Waals surface area (Å²) in [6, 6.07) is 4.19. The largest absolute Gasteiger partial charge is 0.355 e. The Labute approximate surface area is 101 Å². The van der Waals surface area contributed by atoms with Gasteiger partial charge in [-0.05, 0) is 31.9 Å². The van der Waals surface area contributed by atoms with E-state index in [4.69, 9.17) is 0 Å². The molecule has 0 aliphatic carbocycles. The lowest BCUT2D eigenvalue weighted by molar-refractivity contribution is 0.467. The lowest BCUT2D eigenvalue weighted by Crippen LogP contribution is -2.40. The Morgan fingerprint density at radius 3 is 2.47 bits per heavy atom. The smallest absolute Gasteiger partial charge is 0.128 e. The number of pyridine rings is 1. The Bertz CT molecular complexity index is 306. The molecule has 15 heavy (non-hydrogen) atoms. The molecule has 3 heteroatoms. The third kappa shape index (κ3) is 2.94. The SMILES string of the molecule is CCC(C)(C)N(C)c1ccc(CBr)cn1. The van der Waals surface area contributed by atoms with Crippen LogP contribution < -0.4 is 4.90 Å². The molecule has 0 spiro atoms. The minimum atomic E-state index is 0.156. The Morgan fingerprint density at radius 1 is 1.40 bits per heavy atom. The summed E-state index contributed by atoms with van der Waals surface area (Å²) in [4.78, 5) is 6.69. The van der Waals surface area contributed by atoms with Crippen LogP contribution in [0.1, 0.15) is 32.8 Å². The molecule has 84 valence electrons. The van der Waals surface area contributed by atoms with Gasteiger partial charge in [0.1, 0.15) is 5.82 Å². The number of anilines is 1. The van der Waals surface area contributed by atoms with Crippen molar-refractivity contribution < 1.29 is 0 Å². The van der Waals surface area contributed by atoms with Crippen LogP contribution >= 0.6 is 15.9 Å². The molecule has 0 fully saturated rings. The van der Waals surface area contributed by atoms with Gasteiger partial charge in [-0.25, -0.2) is 4.98 Å². The van der Waals surface area contributed by atoms with E-state index in [-0.39, 0.29) is 5.54 Å². The average Bonchev–Trinajstić information content (AvgIpc) is 2.28. The van der Waals surface area contributed by atoms with Gasteiger partial charge < -0.3 is 4.90 Å². The van der Waals surface area contributed by atoms with Crippen LogP contribution in [0.15, 0.2) is 18.3 Å². The first kappa shape index (κ1) is 12.5. The Morgan fingerprint density at radius 2 is 2.07 bits per heavy atom. The zero-order valence-corrected chi connectivity index (χ0v) is 11.5. The van der Waals surface area contributed by atoms with Gasteiger partial charge >= 0.3 is 0 Å². The van der Waals surface area contributed by atoms with Crippen molar-refractivity contribution in [2.45, 2.75) is 38.1 Å². The second-order valence-corrected chi connectivity index (χ2v) is 4.94. The predicted octanol–water partition coefficient (Wildman–Crippen LogP) is 3.60. The molecular weight excluding hydrogens is 252 g/mol. The second kappa shape index (κ2) is 4.97. The number of halogens is 1. The highest BCUT2D eigenvalue weighted by atomic mass is 79.9. The molecule has 0 bridgehead atoms. The van der Waals surface area contributed by atoms with Gasteiger partial charge in [0.15, 0.2) is 0 Å². The van der Waals surface area contributed by atoms with E-state index in [1.54, 1.807) is 0 Å². The van der Waals surface area contributed by atoms with Crippen molar-refractivity contribution in [1.82, 2.24) is 4.98 Å². The van der Waals surface area contributed by atoms with Crippen molar-refractivity contribution in [3.05, 3.63) is 23.9 Å². The molecule has 1 aromatic heterocycles. The van der Waals surface area contributed by atoms with Crippen LogP contribution in [0.25, 0.3) is 0 Å². The van der Waals surface area contributed by atoms with Gasteiger partial charge in [-0.15, -0.1) is 0 Å². The van der Waals surface area contributed by atoms with Crippen LogP contribution in [-0.2, 0) is 5.33 Å². The maximum absolute atomic E-state index is 4.46. The van der Waals surface area contributed by atoms with Crippen molar-refractivity contribution in [2.75, 3.05) is 11.9 Å². The number of hydrogen-bond donors (Lipinski definition) is 0. The molecule has 1 aromatic rings. The number of rotatable bonds is 4. The topological polar surface area (TPSA) is 16.1 Å². The zero-order chi connectivity index (χ0) is 11.5. The normalized spacial score (nSPS) is 11.5. The molecule has 0 N–H and O–H groups in total. The highest BCUT2D eigenvalue weighted by Gasteiger charge is 2.21. The van der Waals surface area contributed by atoms with Gasteiger partial charge in [-0.2, -0.15) is 0 Å². The molecule has 0 saturated carbocycles. The van der Waals surface area contributed by atoms with Crippen LogP contribution in [0, 0.1) is 0 Å². The van der Waals surface area contributed by atoms with Crippen LogP contribution in [0.5, 0.6) is 0 Å². The number of alkyl halides is 1. The molecule has 0 radical (unpaired) electrons. The molecule has 0 saturated heterocycles. The highest BCUT2D eigenvalue weighted by Crippen LogP contribution is 2.23. The van der Waals surface area contributed by atoms with Crippen LogP contribution in [0.4, 0.5) is 5.82 Å². The predicted molar refractivity (Wildman–Crippen MR) is 69.6 cm³/mol. The summed E-state index contributed by atoms with van der Waals surface area (Å²) in [5, 5.41) is 0.862. The summed E-state index contributed by atoms with van der Waals surface area (Å²) in [5.41, 5.74) is 1.37. The third-order valence-electron chi connectivity index (χ3n) is 3.08. The molecule has 0 aliphatic rings. The summed E-state index contributed by atoms with van der Waals surface area (Å²) >= 11 is 3.42. The van der Waals surface area contributed by atoms with Crippen LogP contribution in [-0.4, -0.2) is 17.6 Å².